The van der Waals surface area contributed by atoms with Gasteiger partial charge >= 0.3 is 0 Å². The first kappa shape index (κ1) is 48.1. The van der Waals surface area contributed by atoms with Gasteiger partial charge in [0.1, 0.15) is 23.9 Å². The van der Waals surface area contributed by atoms with Crippen molar-refractivity contribution >= 4 is 5.91 Å². The Kier molecular flexibility index (Phi) is 19.7. The normalized spacial score (nSPS) is 34.8. The number of carbonyl (C=O) groups excluding carboxylic acids is 1. The van der Waals surface area contributed by atoms with Crippen LogP contribution in [-0.2, 0) is 23.7 Å². The average molecular weight is 794 g/mol. The quantitative estimate of drug-likeness (QED) is 0.202. The van der Waals surface area contributed by atoms with Crippen molar-refractivity contribution in [3.8, 4) is 0 Å². The minimum Gasteiger partial charge on any atom is -0.391 e. The van der Waals surface area contributed by atoms with Crippen LogP contribution < -0.4 is 11.1 Å². The molecule has 0 aromatic carbocycles. The van der Waals surface area contributed by atoms with Crippen LogP contribution in [0.3, 0.4) is 0 Å². The van der Waals surface area contributed by atoms with Crippen molar-refractivity contribution in [2.75, 3.05) is 20.7 Å². The van der Waals surface area contributed by atoms with Crippen LogP contribution in [0.15, 0.2) is 107 Å². The zero-order chi connectivity index (χ0) is 42.3. The van der Waals surface area contributed by atoms with Crippen molar-refractivity contribution < 1.29 is 39.1 Å². The van der Waals surface area contributed by atoms with Crippen molar-refractivity contribution in [2.45, 2.75) is 148 Å². The number of aliphatic hydroxyl groups excluding tert-OH is 2. The molecule has 3 aliphatic heterocycles. The smallest absolute Gasteiger partial charge is 0.247 e. The first-order chi connectivity index (χ1) is 26.9. The van der Waals surface area contributed by atoms with Crippen LogP contribution in [0.1, 0.15) is 81.1 Å². The Morgan fingerprint density at radius 2 is 1.70 bits per heavy atom. The molecule has 0 aliphatic carbocycles. The molecule has 57 heavy (non-hydrogen) atoms. The molecule has 2 saturated heterocycles. The third-order valence-electron chi connectivity index (χ3n) is 10.6. The number of allylic oxidation sites excluding steroid dienone is 14. The summed E-state index contributed by atoms with van der Waals surface area (Å²) >= 11 is 0. The molecule has 0 aromatic rings. The zero-order valence-electron chi connectivity index (χ0n) is 35.9. The molecule has 0 radical (unpaired) electrons. The molecule has 3 heterocycles. The van der Waals surface area contributed by atoms with Crippen molar-refractivity contribution in [2.24, 2.45) is 11.7 Å². The van der Waals surface area contributed by atoms with Crippen LogP contribution in [0.4, 0.5) is 0 Å². The molecular weight excluding hydrogens is 723 g/mol. The Hall–Kier alpha value is -3.23. The van der Waals surface area contributed by atoms with Crippen molar-refractivity contribution in [3.63, 3.8) is 0 Å². The number of amides is 1. The van der Waals surface area contributed by atoms with E-state index in [9.17, 15) is 20.1 Å². The first-order valence-electron chi connectivity index (χ1n) is 20.4. The third kappa shape index (κ3) is 15.8. The Morgan fingerprint density at radius 3 is 2.39 bits per heavy atom. The van der Waals surface area contributed by atoms with E-state index in [-0.39, 0.29) is 37.1 Å². The topological polar surface area (TPSA) is 156 Å². The fraction of sp³-hybridized carbons (Fsp3) is 0.587. The molecule has 11 heteroatoms. The standard InChI is InChI=1S/C46H71N3O8/c1-11-30(2)26-36-27-33(5)19-13-12-16-25-46(8,53)39(22-15-14-18-31(3)20-17-21-32(4)23-24-34(6)48-44(36)52)57-45-41(47)43(51)38(29-54-45)56-40-28-37(50)42(49(9)10)35(7)55-40/h12-23,25,27,30,34-35,37-43,45,50-51,53H,11,24,26,28-29,47H2,1-10H3,(H,48,52). The van der Waals surface area contributed by atoms with Crippen LogP contribution in [0.25, 0.3) is 0 Å². The lowest BCUT2D eigenvalue weighted by Crippen LogP contribution is -2.62. The summed E-state index contributed by atoms with van der Waals surface area (Å²) in [5.74, 6) is 0.304. The highest BCUT2D eigenvalue weighted by atomic mass is 16.7. The number of hydrogen-bond donors (Lipinski definition) is 5. The van der Waals surface area contributed by atoms with E-state index in [0.29, 0.717) is 18.8 Å². The van der Waals surface area contributed by atoms with E-state index in [1.807, 2.05) is 102 Å². The number of ether oxygens (including phenoxy) is 4. The molecule has 0 spiro atoms. The average Bonchev–Trinajstić information content (AvgIpc) is 3.13. The van der Waals surface area contributed by atoms with Gasteiger partial charge in [-0.3, -0.25) is 4.79 Å². The Bertz CT molecular complexity index is 1560. The second kappa shape index (κ2) is 23.4. The van der Waals surface area contributed by atoms with Crippen LogP contribution in [0.5, 0.6) is 0 Å². The van der Waals surface area contributed by atoms with Crippen LogP contribution in [-0.4, -0.2) is 114 Å². The largest absolute Gasteiger partial charge is 0.391 e. The van der Waals surface area contributed by atoms with Gasteiger partial charge in [-0.1, -0.05) is 122 Å². The van der Waals surface area contributed by atoms with Crippen molar-refractivity contribution in [1.29, 1.82) is 0 Å². The Morgan fingerprint density at radius 1 is 1.00 bits per heavy atom. The van der Waals surface area contributed by atoms with Gasteiger partial charge < -0.3 is 50.2 Å². The summed E-state index contributed by atoms with van der Waals surface area (Å²) in [6.45, 7) is 15.8. The molecule has 0 bridgehead atoms. The van der Waals surface area contributed by atoms with Gasteiger partial charge in [0.25, 0.3) is 0 Å². The predicted molar refractivity (Wildman–Crippen MR) is 228 cm³/mol. The summed E-state index contributed by atoms with van der Waals surface area (Å²) in [7, 11) is 3.78. The molecule has 318 valence electrons. The fourth-order valence-electron chi connectivity index (χ4n) is 6.91. The molecular formula is C46H71N3O8. The van der Waals surface area contributed by atoms with Gasteiger partial charge in [-0.25, -0.2) is 0 Å². The first-order valence-corrected chi connectivity index (χ1v) is 20.4. The summed E-state index contributed by atoms with van der Waals surface area (Å²) in [6.07, 6.45) is 23.3. The van der Waals surface area contributed by atoms with Gasteiger partial charge in [-0.15, -0.1) is 0 Å². The minimum atomic E-state index is -1.52. The molecule has 1 amide bonds. The molecule has 6 N–H and O–H groups in total. The minimum absolute atomic E-state index is 0.0250. The highest BCUT2D eigenvalue weighted by molar-refractivity contribution is 5.94. The molecule has 3 aliphatic rings. The van der Waals surface area contributed by atoms with E-state index >= 15 is 0 Å². The lowest BCUT2D eigenvalue weighted by Gasteiger charge is -2.44. The molecule has 0 saturated carbocycles. The Labute approximate surface area is 342 Å². The number of aliphatic hydroxyl groups is 3. The van der Waals surface area contributed by atoms with Gasteiger partial charge in [0, 0.05) is 18.0 Å². The van der Waals surface area contributed by atoms with E-state index in [0.717, 1.165) is 28.7 Å². The number of rotatable bonds is 8. The number of nitrogens with zero attached hydrogens (tertiary/aromatic N) is 1. The highest BCUT2D eigenvalue weighted by Crippen LogP contribution is 2.29. The molecule has 2 fully saturated rings. The number of carbonyl (C=O) groups is 1. The summed E-state index contributed by atoms with van der Waals surface area (Å²) in [5.41, 5.74) is 8.73. The van der Waals surface area contributed by atoms with Gasteiger partial charge in [0.2, 0.25) is 5.91 Å². The van der Waals surface area contributed by atoms with E-state index < -0.39 is 48.6 Å². The van der Waals surface area contributed by atoms with Crippen molar-refractivity contribution in [3.05, 3.63) is 107 Å². The monoisotopic (exact) mass is 794 g/mol. The Balaban J connectivity index is 1.86. The number of nitrogens with one attached hydrogen (secondary N) is 1. The molecule has 12 atom stereocenters. The summed E-state index contributed by atoms with van der Waals surface area (Å²) < 4.78 is 24.4. The molecule has 12 unspecified atom stereocenters. The zero-order valence-corrected chi connectivity index (χ0v) is 35.9. The maximum Gasteiger partial charge on any atom is 0.247 e. The number of likely N-dealkylation sites (N-methyl/N-ethyl adjacent to an activating group) is 1. The SMILES string of the molecule is CCC(C)CC1=CC(C)=CC=CC=CC(C)(O)C(OC2OCC(OC3CC(O)C(N(C)C)C(C)O3)C(O)C2N)C=CC=CC(C)=CC=CC(C)=CCC(C)NC1=O. The molecule has 11 nitrogen and oxygen atoms in total. The summed E-state index contributed by atoms with van der Waals surface area (Å²) in [6, 6.07) is -1.22. The van der Waals surface area contributed by atoms with Crippen LogP contribution in [0.2, 0.25) is 0 Å². The summed E-state index contributed by atoms with van der Waals surface area (Å²) in [4.78, 5) is 15.3. The molecule has 0 aromatic heterocycles. The lowest BCUT2D eigenvalue weighted by molar-refractivity contribution is -0.301. The number of hydrogen-bond acceptors (Lipinski definition) is 10. The van der Waals surface area contributed by atoms with E-state index in [1.54, 1.807) is 37.3 Å². The van der Waals surface area contributed by atoms with Crippen LogP contribution >= 0.6 is 0 Å². The lowest BCUT2D eigenvalue weighted by atomic mass is 9.96. The fourth-order valence-corrected chi connectivity index (χ4v) is 6.91. The maximum absolute atomic E-state index is 13.4. The second-order valence-electron chi connectivity index (χ2n) is 16.4. The second-order valence-corrected chi connectivity index (χ2v) is 16.4. The summed E-state index contributed by atoms with van der Waals surface area (Å²) in [5, 5.41) is 36.9. The van der Waals surface area contributed by atoms with Gasteiger partial charge in [0.15, 0.2) is 12.6 Å². The molecule has 3 rings (SSSR count). The predicted octanol–water partition coefficient (Wildman–Crippen LogP) is 5.87. The van der Waals surface area contributed by atoms with E-state index in [2.05, 4.69) is 25.2 Å². The van der Waals surface area contributed by atoms with Crippen molar-refractivity contribution in [1.82, 2.24) is 10.2 Å². The van der Waals surface area contributed by atoms with Gasteiger partial charge in [-0.05, 0) is 74.4 Å². The van der Waals surface area contributed by atoms with Crippen LogP contribution in [0, 0.1) is 5.92 Å². The number of nitrogens with two attached hydrogens (primary N) is 1. The maximum atomic E-state index is 13.4. The van der Waals surface area contributed by atoms with Gasteiger partial charge in [0.05, 0.1) is 30.9 Å². The van der Waals surface area contributed by atoms with E-state index in [4.69, 9.17) is 24.7 Å². The third-order valence-corrected chi connectivity index (χ3v) is 10.6. The van der Waals surface area contributed by atoms with Gasteiger partial charge in [-0.2, -0.15) is 0 Å². The van der Waals surface area contributed by atoms with E-state index in [1.165, 1.54) is 0 Å². The highest BCUT2D eigenvalue weighted by Gasteiger charge is 2.44.